The number of hydrogen-bond acceptors (Lipinski definition) is 15. The summed E-state index contributed by atoms with van der Waals surface area (Å²) in [7, 11) is 2.70. The number of nitrogens with one attached hydrogen (secondary N) is 2. The molecular weight excluding hydrogens is 772 g/mol. The molecule has 1 spiro atoms. The molecule has 5 rings (SSSR count). The number of methoxy groups -OCH3 is 1. The number of carboxylic acids is 1. The standard InChI is InChI=1S/C41H54N4O14/c1-21(2)11-12-22(3)45-26-18-28(27(17-25(26)37(51)52)57-20-44-40(42)43-4)58-39-32(48)31(47)36(50)41(59-39)15-13-24-29(38(53)56-19-41)30(46)35(33(49)34(24)54-5)55-16-14-23-9-7-6-8-10-23/h6-10,17-18,21-22,31-32,36,39,45-50H,11-16,19-20H2,1-5H3,(H,51,52)(H3,42,43,44). The van der Waals surface area contributed by atoms with Crippen LogP contribution in [0.25, 0.3) is 0 Å². The molecular formula is C41H54N4O14. The highest BCUT2D eigenvalue weighted by molar-refractivity contribution is 5.97. The van der Waals surface area contributed by atoms with E-state index in [4.69, 9.17) is 34.2 Å². The van der Waals surface area contributed by atoms with E-state index in [1.807, 2.05) is 37.3 Å². The second kappa shape index (κ2) is 19.4. The summed E-state index contributed by atoms with van der Waals surface area (Å²) in [6.07, 6.45) is -5.87. The van der Waals surface area contributed by atoms with Crippen LogP contribution in [-0.2, 0) is 22.3 Å². The van der Waals surface area contributed by atoms with Crippen molar-refractivity contribution in [1.82, 2.24) is 5.32 Å². The van der Waals surface area contributed by atoms with Crippen molar-refractivity contribution < 1.29 is 68.6 Å². The quantitative estimate of drug-likeness (QED) is 0.0435. The van der Waals surface area contributed by atoms with Crippen molar-refractivity contribution in [1.29, 1.82) is 0 Å². The van der Waals surface area contributed by atoms with Crippen molar-refractivity contribution in [2.45, 2.75) is 89.1 Å². The predicted octanol–water partition coefficient (Wildman–Crippen LogP) is 2.89. The van der Waals surface area contributed by atoms with Crippen molar-refractivity contribution in [3.8, 4) is 34.5 Å². The van der Waals surface area contributed by atoms with E-state index in [0.29, 0.717) is 18.8 Å². The third-order valence-electron chi connectivity index (χ3n) is 10.3. The first-order valence-electron chi connectivity index (χ1n) is 19.2. The second-order valence-corrected chi connectivity index (χ2v) is 14.9. The highest BCUT2D eigenvalue weighted by atomic mass is 16.7. The molecule has 18 heteroatoms. The summed E-state index contributed by atoms with van der Waals surface area (Å²) in [5.41, 5.74) is 4.39. The van der Waals surface area contributed by atoms with Gasteiger partial charge in [-0.05, 0) is 44.1 Å². The van der Waals surface area contributed by atoms with E-state index in [9.17, 15) is 40.2 Å². The zero-order chi connectivity index (χ0) is 43.0. The molecule has 0 radical (unpaired) electrons. The number of rotatable bonds is 16. The molecule has 18 nitrogen and oxygen atoms in total. The summed E-state index contributed by atoms with van der Waals surface area (Å²) in [6.45, 7) is 5.10. The van der Waals surface area contributed by atoms with Crippen molar-refractivity contribution in [2.75, 3.05) is 39.4 Å². The van der Waals surface area contributed by atoms with E-state index in [-0.39, 0.29) is 83.6 Å². The number of aliphatic hydroxyl groups excluding tert-OH is 3. The number of aromatic carboxylic acids is 1. The Morgan fingerprint density at radius 3 is 2.41 bits per heavy atom. The zero-order valence-corrected chi connectivity index (χ0v) is 33.6. The second-order valence-electron chi connectivity index (χ2n) is 14.9. The van der Waals surface area contributed by atoms with Gasteiger partial charge in [0.05, 0.1) is 25.0 Å². The fourth-order valence-electron chi connectivity index (χ4n) is 6.95. The Balaban J connectivity index is 1.47. The highest BCUT2D eigenvalue weighted by Gasteiger charge is 2.56. The Kier molecular flexibility index (Phi) is 14.6. The van der Waals surface area contributed by atoms with E-state index in [2.05, 4.69) is 29.5 Å². The number of guanidine groups is 1. The van der Waals surface area contributed by atoms with Gasteiger partial charge in [0.2, 0.25) is 17.8 Å². The zero-order valence-electron chi connectivity index (χ0n) is 33.6. The van der Waals surface area contributed by atoms with Crippen LogP contribution in [0, 0.1) is 5.92 Å². The van der Waals surface area contributed by atoms with Gasteiger partial charge in [-0.15, -0.1) is 0 Å². The molecule has 2 heterocycles. The minimum absolute atomic E-state index is 0.000467. The molecule has 6 atom stereocenters. The van der Waals surface area contributed by atoms with E-state index in [0.717, 1.165) is 12.0 Å². The fraction of sp³-hybridized carbons (Fsp3) is 0.488. The molecule has 3 aromatic carbocycles. The maximum atomic E-state index is 13.7. The van der Waals surface area contributed by atoms with Crippen LogP contribution in [0.2, 0.25) is 0 Å². The monoisotopic (exact) mass is 826 g/mol. The number of esters is 1. The van der Waals surface area contributed by atoms with E-state index < -0.39 is 60.2 Å². The SMILES string of the molecule is CN=C(N)NCOc1cc(C(=O)O)c(NC(C)CCC(C)C)cc1OC1OC2(CCc3c(OC)c(O)c(OCCc4ccccc4)c(O)c3C(=O)OC2)C(O)C(O)C1O. The Morgan fingerprint density at radius 2 is 1.75 bits per heavy atom. The molecule has 2 aliphatic heterocycles. The van der Waals surface area contributed by atoms with Crippen LogP contribution in [0.1, 0.15) is 71.9 Å². The van der Waals surface area contributed by atoms with Gasteiger partial charge in [0, 0.05) is 37.2 Å². The van der Waals surface area contributed by atoms with Crippen LogP contribution >= 0.6 is 0 Å². The third kappa shape index (κ3) is 10.1. The first-order valence-corrected chi connectivity index (χ1v) is 19.2. The summed E-state index contributed by atoms with van der Waals surface area (Å²) in [5, 5.41) is 72.5. The Hall–Kier alpha value is -5.69. The molecule has 1 saturated heterocycles. The van der Waals surface area contributed by atoms with Gasteiger partial charge in [-0.3, -0.25) is 4.99 Å². The number of aliphatic imine (C=N–C) groups is 1. The number of anilines is 1. The predicted molar refractivity (Wildman–Crippen MR) is 214 cm³/mol. The van der Waals surface area contributed by atoms with E-state index in [1.54, 1.807) is 0 Å². The topological polar surface area (TPSA) is 273 Å². The number of benzene rings is 3. The molecule has 59 heavy (non-hydrogen) atoms. The minimum atomic E-state index is -1.94. The molecule has 2 aliphatic rings. The number of carbonyl (C=O) groups is 2. The molecule has 322 valence electrons. The lowest BCUT2D eigenvalue weighted by Gasteiger charge is -2.48. The van der Waals surface area contributed by atoms with E-state index >= 15 is 0 Å². The number of nitrogens with zero attached hydrogens (tertiary/aromatic N) is 1. The minimum Gasteiger partial charge on any atom is -0.504 e. The molecule has 0 aliphatic carbocycles. The maximum absolute atomic E-state index is 13.7. The van der Waals surface area contributed by atoms with Gasteiger partial charge >= 0.3 is 11.9 Å². The van der Waals surface area contributed by atoms with Crippen LogP contribution in [0.4, 0.5) is 5.69 Å². The number of aliphatic hydroxyl groups is 3. The first-order chi connectivity index (χ1) is 28.1. The summed E-state index contributed by atoms with van der Waals surface area (Å²) in [6, 6.07) is 11.7. The van der Waals surface area contributed by atoms with Gasteiger partial charge in [0.1, 0.15) is 36.1 Å². The normalized spacial score (nSPS) is 22.4. The van der Waals surface area contributed by atoms with Gasteiger partial charge in [0.15, 0.2) is 35.7 Å². The lowest BCUT2D eigenvalue weighted by Crippen LogP contribution is -2.67. The number of carbonyl (C=O) groups excluding carboxylic acids is 1. The molecule has 0 bridgehead atoms. The molecule has 10 N–H and O–H groups in total. The van der Waals surface area contributed by atoms with E-state index in [1.165, 1.54) is 26.3 Å². The van der Waals surface area contributed by atoms with Crippen molar-refractivity contribution >= 4 is 23.6 Å². The van der Waals surface area contributed by atoms with Crippen LogP contribution < -0.4 is 35.3 Å². The molecule has 0 aromatic heterocycles. The van der Waals surface area contributed by atoms with Gasteiger partial charge in [-0.2, -0.15) is 0 Å². The lowest BCUT2D eigenvalue weighted by molar-refractivity contribution is -0.320. The van der Waals surface area contributed by atoms with Gasteiger partial charge in [-0.25, -0.2) is 9.59 Å². The number of carboxylic acid groups (broad SMARTS) is 1. The van der Waals surface area contributed by atoms with Crippen LogP contribution in [-0.4, -0.2) is 119 Å². The van der Waals surface area contributed by atoms with Crippen LogP contribution in [0.5, 0.6) is 34.5 Å². The number of phenolic OH excluding ortho intramolecular Hbond substituents is 2. The Morgan fingerprint density at radius 1 is 1.02 bits per heavy atom. The summed E-state index contributed by atoms with van der Waals surface area (Å²) in [5.74, 6) is -4.04. The van der Waals surface area contributed by atoms with Crippen molar-refractivity contribution in [3.05, 3.63) is 64.7 Å². The number of ether oxygens (including phenoxy) is 6. The number of nitrogens with two attached hydrogens (primary N) is 1. The number of cyclic esters (lactones) is 1. The Bertz CT molecular complexity index is 1980. The molecule has 0 amide bonds. The van der Waals surface area contributed by atoms with Gasteiger partial charge in [0.25, 0.3) is 0 Å². The number of phenols is 2. The molecule has 1 fully saturated rings. The van der Waals surface area contributed by atoms with Crippen molar-refractivity contribution in [3.63, 3.8) is 0 Å². The summed E-state index contributed by atoms with van der Waals surface area (Å²) < 4.78 is 35.1. The fourth-order valence-corrected chi connectivity index (χ4v) is 6.95. The number of fused-ring (bicyclic) bond motifs is 1. The largest absolute Gasteiger partial charge is 0.504 e. The summed E-state index contributed by atoms with van der Waals surface area (Å²) in [4.78, 5) is 30.0. The maximum Gasteiger partial charge on any atom is 0.342 e. The van der Waals surface area contributed by atoms with Crippen molar-refractivity contribution in [2.24, 2.45) is 16.6 Å². The van der Waals surface area contributed by atoms with Gasteiger partial charge < -0.3 is 75.4 Å². The van der Waals surface area contributed by atoms with Crippen LogP contribution in [0.3, 0.4) is 0 Å². The molecule has 6 unspecified atom stereocenters. The average molecular weight is 827 g/mol. The lowest BCUT2D eigenvalue weighted by atomic mass is 9.81. The smallest absolute Gasteiger partial charge is 0.342 e. The Labute approximate surface area is 341 Å². The molecule has 0 saturated carbocycles. The molecule has 3 aromatic rings. The number of aromatic hydroxyl groups is 2. The highest BCUT2D eigenvalue weighted by Crippen LogP contribution is 2.51. The average Bonchev–Trinajstić information content (AvgIpc) is 3.20. The van der Waals surface area contributed by atoms with Gasteiger partial charge in [-0.1, -0.05) is 44.2 Å². The third-order valence-corrected chi connectivity index (χ3v) is 10.3. The first kappa shape index (κ1) is 44.4. The number of hydrogen-bond donors (Lipinski definition) is 9. The summed E-state index contributed by atoms with van der Waals surface area (Å²) >= 11 is 0. The van der Waals surface area contributed by atoms with Crippen LogP contribution in [0.15, 0.2) is 47.5 Å².